The number of alkyl halides is 3. The van der Waals surface area contributed by atoms with E-state index in [-0.39, 0.29) is 11.9 Å². The molecular formula is C20H17F3N2O2. The molecule has 1 aliphatic rings. The highest BCUT2D eigenvalue weighted by Crippen LogP contribution is 2.29. The van der Waals surface area contributed by atoms with Crippen molar-refractivity contribution in [3.05, 3.63) is 71.3 Å². The summed E-state index contributed by atoms with van der Waals surface area (Å²) >= 11 is 0. The van der Waals surface area contributed by atoms with Gasteiger partial charge in [-0.3, -0.25) is 9.59 Å². The van der Waals surface area contributed by atoms with E-state index in [1.165, 1.54) is 24.3 Å². The largest absolute Gasteiger partial charge is 0.416 e. The van der Waals surface area contributed by atoms with Crippen LogP contribution in [-0.2, 0) is 11.0 Å². The lowest BCUT2D eigenvalue weighted by molar-refractivity contribution is -0.137. The molecule has 3 rings (SSSR count). The first kappa shape index (κ1) is 18.7. The molecule has 1 aliphatic carbocycles. The third-order valence-corrected chi connectivity index (χ3v) is 3.97. The molecule has 1 saturated carbocycles. The second kappa shape index (κ2) is 7.65. The van der Waals surface area contributed by atoms with E-state index in [2.05, 4.69) is 10.6 Å². The highest BCUT2D eigenvalue weighted by atomic mass is 19.4. The third-order valence-electron chi connectivity index (χ3n) is 3.97. The summed E-state index contributed by atoms with van der Waals surface area (Å²) in [6.07, 6.45) is 0.211. The van der Waals surface area contributed by atoms with E-state index >= 15 is 0 Å². The van der Waals surface area contributed by atoms with E-state index in [1.807, 2.05) is 0 Å². The second-order valence-corrected chi connectivity index (χ2v) is 6.27. The molecule has 0 unspecified atom stereocenters. The van der Waals surface area contributed by atoms with Gasteiger partial charge < -0.3 is 10.6 Å². The molecule has 2 aromatic rings. The van der Waals surface area contributed by atoms with E-state index in [0.29, 0.717) is 16.8 Å². The first-order chi connectivity index (χ1) is 12.8. The van der Waals surface area contributed by atoms with Crippen molar-refractivity contribution in [2.45, 2.75) is 25.1 Å². The molecule has 2 N–H and O–H groups in total. The Hall–Kier alpha value is -3.09. The molecule has 0 saturated heterocycles. The summed E-state index contributed by atoms with van der Waals surface area (Å²) in [6.45, 7) is 0. The molecule has 0 bridgehead atoms. The number of carbonyl (C=O) groups excluding carboxylic acids is 2. The van der Waals surface area contributed by atoms with Gasteiger partial charge >= 0.3 is 6.18 Å². The van der Waals surface area contributed by atoms with Crippen LogP contribution in [0.25, 0.3) is 6.08 Å². The predicted octanol–water partition coefficient (Wildman–Crippen LogP) is 4.25. The molecule has 7 heteroatoms. The molecule has 140 valence electrons. The Morgan fingerprint density at radius 2 is 1.74 bits per heavy atom. The minimum atomic E-state index is -4.39. The summed E-state index contributed by atoms with van der Waals surface area (Å²) in [5.41, 5.74) is 0.632. The van der Waals surface area contributed by atoms with Crippen LogP contribution in [0, 0.1) is 0 Å². The minimum absolute atomic E-state index is 0.186. The van der Waals surface area contributed by atoms with Gasteiger partial charge in [-0.25, -0.2) is 0 Å². The smallest absolute Gasteiger partial charge is 0.349 e. The number of benzene rings is 2. The Labute approximate surface area is 154 Å². The van der Waals surface area contributed by atoms with Crippen molar-refractivity contribution in [1.29, 1.82) is 0 Å². The lowest BCUT2D eigenvalue weighted by atomic mass is 10.1. The highest BCUT2D eigenvalue weighted by Gasteiger charge is 2.29. The van der Waals surface area contributed by atoms with Gasteiger partial charge in [0.25, 0.3) is 5.91 Å². The summed E-state index contributed by atoms with van der Waals surface area (Å²) in [5.74, 6) is -0.636. The van der Waals surface area contributed by atoms with E-state index in [0.717, 1.165) is 25.0 Å². The molecule has 0 atom stereocenters. The molecule has 2 aromatic carbocycles. The number of halogens is 3. The van der Waals surface area contributed by atoms with Gasteiger partial charge in [0, 0.05) is 23.4 Å². The van der Waals surface area contributed by atoms with E-state index in [4.69, 9.17) is 0 Å². The predicted molar refractivity (Wildman–Crippen MR) is 96.0 cm³/mol. The van der Waals surface area contributed by atoms with Crippen LogP contribution in [0.1, 0.15) is 34.3 Å². The summed E-state index contributed by atoms with van der Waals surface area (Å²) in [5, 5.41) is 5.49. The molecule has 2 amide bonds. The molecule has 0 aliphatic heterocycles. The maximum absolute atomic E-state index is 12.5. The fraction of sp³-hybridized carbons (Fsp3) is 0.200. The number of hydrogen-bond acceptors (Lipinski definition) is 2. The Morgan fingerprint density at radius 3 is 2.37 bits per heavy atom. The second-order valence-electron chi connectivity index (χ2n) is 6.27. The van der Waals surface area contributed by atoms with Crippen molar-refractivity contribution in [2.24, 2.45) is 0 Å². The van der Waals surface area contributed by atoms with Gasteiger partial charge in [0.15, 0.2) is 0 Å². The number of carbonyl (C=O) groups is 2. The Kier molecular flexibility index (Phi) is 5.30. The van der Waals surface area contributed by atoms with Crippen molar-refractivity contribution in [3.8, 4) is 0 Å². The number of hydrogen-bond donors (Lipinski definition) is 2. The quantitative estimate of drug-likeness (QED) is 0.769. The van der Waals surface area contributed by atoms with Crippen LogP contribution < -0.4 is 10.6 Å². The van der Waals surface area contributed by atoms with Gasteiger partial charge in [-0.05, 0) is 54.8 Å². The van der Waals surface area contributed by atoms with Crippen LogP contribution in [-0.4, -0.2) is 17.9 Å². The first-order valence-corrected chi connectivity index (χ1v) is 8.38. The topological polar surface area (TPSA) is 58.2 Å². The van der Waals surface area contributed by atoms with Crippen LogP contribution in [0.2, 0.25) is 0 Å². The molecule has 0 aromatic heterocycles. The summed E-state index contributed by atoms with van der Waals surface area (Å²) in [7, 11) is 0. The van der Waals surface area contributed by atoms with Gasteiger partial charge in [0.1, 0.15) is 0 Å². The van der Waals surface area contributed by atoms with Crippen molar-refractivity contribution in [2.75, 3.05) is 5.32 Å². The average Bonchev–Trinajstić information content (AvgIpc) is 3.44. The Balaban J connectivity index is 1.60. The average molecular weight is 374 g/mol. The van der Waals surface area contributed by atoms with Crippen LogP contribution >= 0.6 is 0 Å². The van der Waals surface area contributed by atoms with Crippen molar-refractivity contribution in [1.82, 2.24) is 5.32 Å². The summed E-state index contributed by atoms with van der Waals surface area (Å²) in [4.78, 5) is 24.0. The number of nitrogens with one attached hydrogen (secondary N) is 2. The van der Waals surface area contributed by atoms with Crippen molar-refractivity contribution < 1.29 is 22.8 Å². The molecule has 4 nitrogen and oxygen atoms in total. The number of rotatable bonds is 5. The van der Waals surface area contributed by atoms with Gasteiger partial charge in [0.05, 0.1) is 5.56 Å². The van der Waals surface area contributed by atoms with Crippen LogP contribution in [0.4, 0.5) is 18.9 Å². The van der Waals surface area contributed by atoms with Crippen LogP contribution in [0.15, 0.2) is 54.6 Å². The Morgan fingerprint density at radius 1 is 1.04 bits per heavy atom. The minimum Gasteiger partial charge on any atom is -0.349 e. The zero-order valence-corrected chi connectivity index (χ0v) is 14.2. The lowest BCUT2D eigenvalue weighted by Crippen LogP contribution is -2.25. The molecular weight excluding hydrogens is 357 g/mol. The van der Waals surface area contributed by atoms with Gasteiger partial charge in [-0.2, -0.15) is 13.2 Å². The van der Waals surface area contributed by atoms with Crippen molar-refractivity contribution in [3.63, 3.8) is 0 Å². The SMILES string of the molecule is O=C(/C=C/c1ccc(C(F)(F)F)cc1)Nc1cccc(C(=O)NC2CC2)c1. The fourth-order valence-electron chi connectivity index (χ4n) is 2.37. The van der Waals surface area contributed by atoms with E-state index in [1.54, 1.807) is 24.3 Å². The zero-order valence-electron chi connectivity index (χ0n) is 14.2. The molecule has 0 heterocycles. The number of anilines is 1. The normalized spacial score (nSPS) is 14.2. The van der Waals surface area contributed by atoms with Gasteiger partial charge in [-0.1, -0.05) is 18.2 Å². The van der Waals surface area contributed by atoms with E-state index < -0.39 is 17.6 Å². The molecule has 1 fully saturated rings. The first-order valence-electron chi connectivity index (χ1n) is 8.38. The monoisotopic (exact) mass is 374 g/mol. The van der Waals surface area contributed by atoms with E-state index in [9.17, 15) is 22.8 Å². The maximum Gasteiger partial charge on any atom is 0.416 e. The molecule has 0 spiro atoms. The summed E-state index contributed by atoms with van der Waals surface area (Å²) < 4.78 is 37.6. The third kappa shape index (κ3) is 5.44. The Bertz CT molecular complexity index is 870. The standard InChI is InChI=1S/C20H17F3N2O2/c21-20(22,23)15-7-4-13(5-8-15)6-11-18(26)24-17-3-1-2-14(12-17)19(27)25-16-9-10-16/h1-8,11-12,16H,9-10H2,(H,24,26)(H,25,27)/b11-6+. The zero-order chi connectivity index (χ0) is 19.4. The van der Waals surface area contributed by atoms with Crippen molar-refractivity contribution >= 4 is 23.6 Å². The van der Waals surface area contributed by atoms with Crippen LogP contribution in [0.3, 0.4) is 0 Å². The summed E-state index contributed by atoms with van der Waals surface area (Å²) in [6, 6.07) is 11.3. The van der Waals surface area contributed by atoms with Gasteiger partial charge in [0.2, 0.25) is 5.91 Å². The highest BCUT2D eigenvalue weighted by molar-refractivity contribution is 6.03. The number of amides is 2. The molecule has 27 heavy (non-hydrogen) atoms. The lowest BCUT2D eigenvalue weighted by Gasteiger charge is -2.07. The van der Waals surface area contributed by atoms with Gasteiger partial charge in [-0.15, -0.1) is 0 Å². The maximum atomic E-state index is 12.5. The molecule has 0 radical (unpaired) electrons. The van der Waals surface area contributed by atoms with Crippen LogP contribution in [0.5, 0.6) is 0 Å². The fourth-order valence-corrected chi connectivity index (χ4v) is 2.37.